The number of hydrogen-bond acceptors (Lipinski definition) is 4. The third-order valence-corrected chi connectivity index (χ3v) is 6.04. The molecule has 1 amide bonds. The molecular formula is C21H16FNO4S. The lowest BCUT2D eigenvalue weighted by Gasteiger charge is -2.25. The Morgan fingerprint density at radius 1 is 1.21 bits per heavy atom. The fourth-order valence-electron chi connectivity index (χ4n) is 3.53. The van der Waals surface area contributed by atoms with Gasteiger partial charge in [-0.1, -0.05) is 30.3 Å². The molecule has 0 fully saturated rings. The number of thiophene rings is 1. The van der Waals surface area contributed by atoms with Gasteiger partial charge in [-0.05, 0) is 23.8 Å². The van der Waals surface area contributed by atoms with Gasteiger partial charge in [0.05, 0.1) is 12.8 Å². The highest BCUT2D eigenvalue weighted by Crippen LogP contribution is 2.50. The summed E-state index contributed by atoms with van der Waals surface area (Å²) < 4.78 is 18.8. The van der Waals surface area contributed by atoms with Crippen LogP contribution in [0.15, 0.2) is 48.5 Å². The van der Waals surface area contributed by atoms with E-state index in [9.17, 15) is 19.1 Å². The number of anilines is 1. The van der Waals surface area contributed by atoms with Crippen LogP contribution in [-0.2, 0) is 4.79 Å². The number of rotatable bonds is 4. The normalized spacial score (nSPS) is 15.6. The van der Waals surface area contributed by atoms with Gasteiger partial charge in [-0.25, -0.2) is 9.18 Å². The van der Waals surface area contributed by atoms with E-state index in [1.54, 1.807) is 7.11 Å². The van der Waals surface area contributed by atoms with Crippen LogP contribution in [0.4, 0.5) is 10.1 Å². The van der Waals surface area contributed by atoms with E-state index in [2.05, 4.69) is 5.32 Å². The van der Waals surface area contributed by atoms with Gasteiger partial charge in [0.1, 0.15) is 16.4 Å². The van der Waals surface area contributed by atoms with E-state index in [0.29, 0.717) is 22.6 Å². The zero-order valence-corrected chi connectivity index (χ0v) is 15.7. The number of para-hydroxylation sites is 1. The van der Waals surface area contributed by atoms with Crippen molar-refractivity contribution in [2.45, 2.75) is 12.3 Å². The largest absolute Gasteiger partial charge is 0.496 e. The van der Waals surface area contributed by atoms with Gasteiger partial charge in [0, 0.05) is 28.3 Å². The average Bonchev–Trinajstić information content (AvgIpc) is 3.07. The summed E-state index contributed by atoms with van der Waals surface area (Å²) in [4.78, 5) is 25.3. The minimum atomic E-state index is -1.09. The fraction of sp³-hybridized carbons (Fsp3) is 0.143. The summed E-state index contributed by atoms with van der Waals surface area (Å²) in [6.07, 6.45) is 0.190. The van der Waals surface area contributed by atoms with Crippen molar-refractivity contribution in [2.24, 2.45) is 0 Å². The van der Waals surface area contributed by atoms with Gasteiger partial charge in [0.2, 0.25) is 5.91 Å². The number of aromatic carboxylic acids is 1. The van der Waals surface area contributed by atoms with Crippen LogP contribution in [0, 0.1) is 5.82 Å². The molecule has 7 heteroatoms. The van der Waals surface area contributed by atoms with Crippen LogP contribution in [0.1, 0.15) is 32.5 Å². The number of carbonyl (C=O) groups is 2. The molecule has 3 aromatic rings. The lowest BCUT2D eigenvalue weighted by Crippen LogP contribution is -2.22. The van der Waals surface area contributed by atoms with Gasteiger partial charge < -0.3 is 15.2 Å². The van der Waals surface area contributed by atoms with Crippen molar-refractivity contribution in [3.63, 3.8) is 0 Å². The smallest absolute Gasteiger partial charge is 0.346 e. The predicted molar refractivity (Wildman–Crippen MR) is 105 cm³/mol. The first-order chi connectivity index (χ1) is 13.5. The second kappa shape index (κ2) is 7.09. The predicted octanol–water partition coefficient (Wildman–Crippen LogP) is 4.74. The van der Waals surface area contributed by atoms with E-state index in [0.717, 1.165) is 21.8 Å². The van der Waals surface area contributed by atoms with Gasteiger partial charge >= 0.3 is 5.97 Å². The Labute approximate surface area is 164 Å². The van der Waals surface area contributed by atoms with E-state index in [4.69, 9.17) is 4.74 Å². The number of carboxylic acids is 1. The van der Waals surface area contributed by atoms with Gasteiger partial charge in [0.15, 0.2) is 0 Å². The number of benzene rings is 2. The molecule has 2 N–H and O–H groups in total. The number of methoxy groups -OCH3 is 1. The van der Waals surface area contributed by atoms with Crippen molar-refractivity contribution in [2.75, 3.05) is 12.4 Å². The van der Waals surface area contributed by atoms with Crippen molar-refractivity contribution < 1.29 is 23.8 Å². The third kappa shape index (κ3) is 3.03. The second-order valence-electron chi connectivity index (χ2n) is 6.40. The molecule has 142 valence electrons. The number of hydrogen-bond donors (Lipinski definition) is 2. The van der Waals surface area contributed by atoms with Crippen LogP contribution in [0.5, 0.6) is 5.75 Å². The Kier molecular flexibility index (Phi) is 4.60. The van der Waals surface area contributed by atoms with E-state index < -0.39 is 11.8 Å². The zero-order valence-electron chi connectivity index (χ0n) is 14.9. The fourth-order valence-corrected chi connectivity index (χ4v) is 4.77. The van der Waals surface area contributed by atoms with Gasteiger partial charge in [-0.3, -0.25) is 4.79 Å². The molecule has 4 rings (SSSR count). The quantitative estimate of drug-likeness (QED) is 0.667. The molecule has 28 heavy (non-hydrogen) atoms. The van der Waals surface area contributed by atoms with Crippen molar-refractivity contribution in [1.82, 2.24) is 0 Å². The maximum atomic E-state index is 13.4. The first-order valence-electron chi connectivity index (χ1n) is 8.58. The minimum Gasteiger partial charge on any atom is -0.496 e. The first-order valence-corrected chi connectivity index (χ1v) is 9.40. The monoisotopic (exact) mass is 397 g/mol. The number of fused-ring (bicyclic) bond motifs is 1. The number of halogens is 1. The molecule has 2 aromatic carbocycles. The Hall–Kier alpha value is -3.19. The Morgan fingerprint density at radius 2 is 1.93 bits per heavy atom. The third-order valence-electron chi connectivity index (χ3n) is 4.75. The number of ether oxygens (including phenoxy) is 1. The summed E-state index contributed by atoms with van der Waals surface area (Å²) in [5.74, 6) is -1.40. The Bertz CT molecular complexity index is 1070. The van der Waals surface area contributed by atoms with E-state index in [1.807, 2.05) is 24.3 Å². The number of carboxylic acid groups (broad SMARTS) is 1. The highest BCUT2D eigenvalue weighted by atomic mass is 32.1. The van der Waals surface area contributed by atoms with Gasteiger partial charge in [-0.2, -0.15) is 0 Å². The lowest BCUT2D eigenvalue weighted by atomic mass is 9.88. The molecule has 1 aliphatic rings. The number of amides is 1. The number of carbonyl (C=O) groups excluding carboxylic acids is 1. The Balaban J connectivity index is 1.95. The van der Waals surface area contributed by atoms with Crippen LogP contribution < -0.4 is 10.1 Å². The summed E-state index contributed by atoms with van der Waals surface area (Å²) in [7, 11) is 1.56. The number of nitrogens with one attached hydrogen (secondary N) is 1. The maximum Gasteiger partial charge on any atom is 0.346 e. The summed E-state index contributed by atoms with van der Waals surface area (Å²) in [6, 6.07) is 13.0. The molecule has 0 bridgehead atoms. The molecule has 0 saturated carbocycles. The molecule has 0 saturated heterocycles. The highest BCUT2D eigenvalue weighted by molar-refractivity contribution is 7.15. The molecule has 0 unspecified atom stereocenters. The van der Waals surface area contributed by atoms with Crippen molar-refractivity contribution in [3.8, 4) is 16.9 Å². The van der Waals surface area contributed by atoms with Crippen LogP contribution in [0.25, 0.3) is 11.1 Å². The van der Waals surface area contributed by atoms with Crippen LogP contribution in [-0.4, -0.2) is 24.1 Å². The second-order valence-corrected chi connectivity index (χ2v) is 7.46. The molecule has 0 spiro atoms. The summed E-state index contributed by atoms with van der Waals surface area (Å²) >= 11 is 1.13. The molecule has 5 nitrogen and oxygen atoms in total. The Morgan fingerprint density at radius 3 is 2.61 bits per heavy atom. The minimum absolute atomic E-state index is 0.110. The van der Waals surface area contributed by atoms with Crippen molar-refractivity contribution in [3.05, 3.63) is 69.7 Å². The van der Waals surface area contributed by atoms with E-state index >= 15 is 0 Å². The van der Waals surface area contributed by atoms with Crippen LogP contribution in [0.2, 0.25) is 0 Å². The van der Waals surface area contributed by atoms with E-state index in [1.165, 1.54) is 24.3 Å². The van der Waals surface area contributed by atoms with E-state index in [-0.39, 0.29) is 23.1 Å². The van der Waals surface area contributed by atoms with Gasteiger partial charge in [0.25, 0.3) is 0 Å². The summed E-state index contributed by atoms with van der Waals surface area (Å²) in [5.41, 5.74) is 2.24. The molecule has 1 aromatic heterocycles. The SMILES string of the molecule is COc1ccccc1[C@H]1CC(=O)Nc2c1sc(C(=O)O)c2-c1ccc(F)cc1. The molecular weight excluding hydrogens is 381 g/mol. The molecule has 0 aliphatic carbocycles. The topological polar surface area (TPSA) is 75.6 Å². The molecule has 1 aliphatic heterocycles. The standard InChI is InChI=1S/C21H16FNO4S/c1-27-15-5-3-2-4-13(15)14-10-16(24)23-18-17(11-6-8-12(22)9-7-11)20(21(25)26)28-19(14)18/h2-9,14H,10H2,1H3,(H,23,24)(H,25,26)/t14-/m1/s1. The van der Waals surface area contributed by atoms with Crippen molar-refractivity contribution >= 4 is 28.9 Å². The summed E-state index contributed by atoms with van der Waals surface area (Å²) in [6.45, 7) is 0. The van der Waals surface area contributed by atoms with Crippen LogP contribution in [0.3, 0.4) is 0 Å². The zero-order chi connectivity index (χ0) is 19.8. The van der Waals surface area contributed by atoms with Crippen LogP contribution >= 0.6 is 11.3 Å². The molecule has 0 radical (unpaired) electrons. The molecule has 1 atom stereocenters. The molecule has 2 heterocycles. The lowest BCUT2D eigenvalue weighted by molar-refractivity contribution is -0.116. The maximum absolute atomic E-state index is 13.4. The average molecular weight is 397 g/mol. The highest BCUT2D eigenvalue weighted by Gasteiger charge is 2.35. The summed E-state index contributed by atoms with van der Waals surface area (Å²) in [5, 5.41) is 12.6. The first kappa shape index (κ1) is 18.2. The van der Waals surface area contributed by atoms with Gasteiger partial charge in [-0.15, -0.1) is 11.3 Å². The van der Waals surface area contributed by atoms with Crippen molar-refractivity contribution in [1.29, 1.82) is 0 Å².